The number of benzene rings is 2. The van der Waals surface area contributed by atoms with E-state index < -0.39 is 6.04 Å². The summed E-state index contributed by atoms with van der Waals surface area (Å²) in [6.45, 7) is 0.162. The zero-order valence-corrected chi connectivity index (χ0v) is 19.1. The van der Waals surface area contributed by atoms with Gasteiger partial charge in [-0.2, -0.15) is 0 Å². The van der Waals surface area contributed by atoms with Gasteiger partial charge in [0, 0.05) is 24.0 Å². The second-order valence-corrected chi connectivity index (χ2v) is 8.19. The van der Waals surface area contributed by atoms with Crippen molar-refractivity contribution < 1.29 is 23.8 Å². The second-order valence-electron chi connectivity index (χ2n) is 8.19. The van der Waals surface area contributed by atoms with Gasteiger partial charge >= 0.3 is 5.91 Å². The Morgan fingerprint density at radius 2 is 1.97 bits per heavy atom. The van der Waals surface area contributed by atoms with Crippen LogP contribution in [0.5, 0.6) is 17.2 Å². The van der Waals surface area contributed by atoms with Crippen molar-refractivity contribution in [3.05, 3.63) is 108 Å². The van der Waals surface area contributed by atoms with E-state index >= 15 is 0 Å². The molecule has 4 aromatic rings. The topological polar surface area (TPSA) is 97.1 Å². The van der Waals surface area contributed by atoms with Gasteiger partial charge in [-0.25, -0.2) is 5.43 Å². The number of aromatic nitrogens is 1. The lowest BCUT2D eigenvalue weighted by molar-refractivity contribution is 0.0599. The molecular formula is C27H25N3O5. The number of rotatable bonds is 7. The molecule has 3 heterocycles. The number of pyridine rings is 1. The summed E-state index contributed by atoms with van der Waals surface area (Å²) in [5, 5.41) is 12.0. The molecule has 8 nitrogen and oxygen atoms in total. The van der Waals surface area contributed by atoms with Crippen LogP contribution in [0.4, 0.5) is 0 Å². The van der Waals surface area contributed by atoms with Gasteiger partial charge in [0.15, 0.2) is 5.76 Å². The average Bonchev–Trinajstić information content (AvgIpc) is 3.56. The predicted octanol–water partition coefficient (Wildman–Crippen LogP) is 4.80. The van der Waals surface area contributed by atoms with Crippen LogP contribution < -0.4 is 14.9 Å². The molecule has 2 atom stereocenters. The molecule has 0 bridgehead atoms. The number of furan rings is 1. The third-order valence-electron chi connectivity index (χ3n) is 5.96. The summed E-state index contributed by atoms with van der Waals surface area (Å²) in [6.07, 6.45) is 4.05. The fourth-order valence-corrected chi connectivity index (χ4v) is 4.20. The molecule has 1 saturated heterocycles. The number of hydrogen-bond acceptors (Lipinski definition) is 7. The Morgan fingerprint density at radius 3 is 2.77 bits per heavy atom. The first-order chi connectivity index (χ1) is 17.1. The SMILES string of the molecule is COc1cccc(OCc2ccc(C(=O)N3NC(c4cccnc4)CC3c3ccccc3O)o2)c1. The van der Waals surface area contributed by atoms with E-state index in [2.05, 4.69) is 10.4 Å². The molecule has 1 fully saturated rings. The average molecular weight is 472 g/mol. The number of phenols is 1. The van der Waals surface area contributed by atoms with Crippen LogP contribution >= 0.6 is 0 Å². The Balaban J connectivity index is 1.35. The number of aromatic hydroxyl groups is 1. The predicted molar refractivity (Wildman–Crippen MR) is 128 cm³/mol. The lowest BCUT2D eigenvalue weighted by Gasteiger charge is -2.24. The molecule has 0 radical (unpaired) electrons. The molecule has 1 aliphatic rings. The molecule has 35 heavy (non-hydrogen) atoms. The Kier molecular flexibility index (Phi) is 6.36. The van der Waals surface area contributed by atoms with Crippen molar-refractivity contribution in [2.45, 2.75) is 25.1 Å². The van der Waals surface area contributed by atoms with Crippen molar-refractivity contribution in [1.82, 2.24) is 15.4 Å². The number of nitrogens with one attached hydrogen (secondary N) is 1. The van der Waals surface area contributed by atoms with E-state index in [4.69, 9.17) is 13.9 Å². The number of hydrogen-bond donors (Lipinski definition) is 2. The zero-order chi connectivity index (χ0) is 24.2. The highest BCUT2D eigenvalue weighted by atomic mass is 16.5. The van der Waals surface area contributed by atoms with E-state index in [-0.39, 0.29) is 30.1 Å². The van der Waals surface area contributed by atoms with Crippen molar-refractivity contribution in [2.24, 2.45) is 0 Å². The highest BCUT2D eigenvalue weighted by Gasteiger charge is 2.39. The number of hydrazine groups is 1. The van der Waals surface area contributed by atoms with Crippen LogP contribution in [0.2, 0.25) is 0 Å². The van der Waals surface area contributed by atoms with Gasteiger partial charge in [0.05, 0.1) is 19.2 Å². The maximum Gasteiger partial charge on any atom is 0.304 e. The van der Waals surface area contributed by atoms with E-state index in [1.54, 1.807) is 49.8 Å². The highest BCUT2D eigenvalue weighted by molar-refractivity contribution is 5.91. The van der Waals surface area contributed by atoms with Crippen molar-refractivity contribution in [3.63, 3.8) is 0 Å². The standard InChI is InChI=1S/C27H25N3O5/c1-33-19-7-4-8-20(14-19)34-17-21-11-12-26(35-21)27(32)30-24(22-9-2-3-10-25(22)31)15-23(29-30)18-6-5-13-28-16-18/h2-14,16,23-24,29,31H,15,17H2,1H3. The van der Waals surface area contributed by atoms with Crippen LogP contribution in [0.3, 0.4) is 0 Å². The van der Waals surface area contributed by atoms with Crippen LogP contribution in [0.15, 0.2) is 89.6 Å². The summed E-state index contributed by atoms with van der Waals surface area (Å²) >= 11 is 0. The Bertz CT molecular complexity index is 1310. The molecule has 2 aromatic carbocycles. The number of nitrogens with zero attached hydrogens (tertiary/aromatic N) is 2. The van der Waals surface area contributed by atoms with Gasteiger partial charge in [0.2, 0.25) is 0 Å². The van der Waals surface area contributed by atoms with Gasteiger partial charge in [-0.1, -0.05) is 30.3 Å². The van der Waals surface area contributed by atoms with Crippen LogP contribution in [0, 0.1) is 0 Å². The molecule has 178 valence electrons. The number of carbonyl (C=O) groups is 1. The third-order valence-corrected chi connectivity index (χ3v) is 5.96. The van der Waals surface area contributed by atoms with Gasteiger partial charge < -0.3 is 19.0 Å². The summed E-state index contributed by atoms with van der Waals surface area (Å²) in [7, 11) is 1.59. The number of ether oxygens (including phenoxy) is 2. The Labute approximate surface area is 202 Å². The van der Waals surface area contributed by atoms with E-state index in [0.717, 1.165) is 5.56 Å². The number of para-hydroxylation sites is 1. The number of carbonyl (C=O) groups excluding carboxylic acids is 1. The number of methoxy groups -OCH3 is 1. The van der Waals surface area contributed by atoms with E-state index in [1.807, 2.05) is 42.5 Å². The summed E-state index contributed by atoms with van der Waals surface area (Å²) in [5.41, 5.74) is 4.90. The Morgan fingerprint density at radius 1 is 1.11 bits per heavy atom. The molecule has 1 aliphatic heterocycles. The summed E-state index contributed by atoms with van der Waals surface area (Å²) < 4.78 is 16.8. The molecule has 2 unspecified atom stereocenters. The first kappa shape index (κ1) is 22.5. The minimum absolute atomic E-state index is 0.135. The highest BCUT2D eigenvalue weighted by Crippen LogP contribution is 2.40. The largest absolute Gasteiger partial charge is 0.508 e. The summed E-state index contributed by atoms with van der Waals surface area (Å²) in [6, 6.07) is 20.9. The molecule has 2 N–H and O–H groups in total. The molecule has 2 aromatic heterocycles. The van der Waals surface area contributed by atoms with Gasteiger partial charge in [-0.15, -0.1) is 0 Å². The molecule has 0 saturated carbocycles. The number of phenolic OH excluding ortho intramolecular Hbond substituents is 1. The van der Waals surface area contributed by atoms with Gasteiger partial charge in [-0.05, 0) is 48.4 Å². The molecular weight excluding hydrogens is 446 g/mol. The van der Waals surface area contributed by atoms with Crippen LogP contribution in [-0.2, 0) is 6.61 Å². The van der Waals surface area contributed by atoms with Gasteiger partial charge in [0.25, 0.3) is 0 Å². The number of amides is 1. The van der Waals surface area contributed by atoms with Crippen molar-refractivity contribution >= 4 is 5.91 Å². The van der Waals surface area contributed by atoms with Crippen molar-refractivity contribution in [1.29, 1.82) is 0 Å². The minimum Gasteiger partial charge on any atom is -0.508 e. The summed E-state index contributed by atoms with van der Waals surface area (Å²) in [4.78, 5) is 17.7. The zero-order valence-electron chi connectivity index (χ0n) is 19.1. The lowest BCUT2D eigenvalue weighted by atomic mass is 9.97. The van der Waals surface area contributed by atoms with E-state index in [1.165, 1.54) is 5.01 Å². The molecule has 0 spiro atoms. The quantitative estimate of drug-likeness (QED) is 0.400. The molecule has 8 heteroatoms. The lowest BCUT2D eigenvalue weighted by Crippen LogP contribution is -2.39. The fourth-order valence-electron chi connectivity index (χ4n) is 4.20. The van der Waals surface area contributed by atoms with Gasteiger partial charge in [-0.3, -0.25) is 14.8 Å². The van der Waals surface area contributed by atoms with Crippen LogP contribution in [-0.4, -0.2) is 28.1 Å². The smallest absolute Gasteiger partial charge is 0.304 e. The third kappa shape index (κ3) is 4.83. The van der Waals surface area contributed by atoms with E-state index in [9.17, 15) is 9.90 Å². The first-order valence-corrected chi connectivity index (χ1v) is 11.3. The molecule has 1 amide bonds. The monoisotopic (exact) mass is 471 g/mol. The van der Waals surface area contributed by atoms with Gasteiger partial charge in [0.1, 0.15) is 29.6 Å². The first-order valence-electron chi connectivity index (χ1n) is 11.3. The Hall–Kier alpha value is -4.30. The maximum absolute atomic E-state index is 13.5. The van der Waals surface area contributed by atoms with Crippen LogP contribution in [0.1, 0.15) is 45.9 Å². The van der Waals surface area contributed by atoms with Crippen molar-refractivity contribution in [3.8, 4) is 17.2 Å². The minimum atomic E-state index is -0.393. The molecule has 5 rings (SSSR count). The normalized spacial score (nSPS) is 17.3. The fraction of sp³-hybridized carbons (Fsp3) is 0.185. The second kappa shape index (κ2) is 9.90. The summed E-state index contributed by atoms with van der Waals surface area (Å²) in [5.74, 6) is 1.81. The van der Waals surface area contributed by atoms with Crippen LogP contribution in [0.25, 0.3) is 0 Å². The van der Waals surface area contributed by atoms with E-state index in [0.29, 0.717) is 29.2 Å². The maximum atomic E-state index is 13.5. The van der Waals surface area contributed by atoms with Crippen molar-refractivity contribution in [2.75, 3.05) is 7.11 Å². The molecule has 0 aliphatic carbocycles.